The van der Waals surface area contributed by atoms with Crippen molar-refractivity contribution >= 4 is 17.7 Å². The second kappa shape index (κ2) is 8.39. The highest BCUT2D eigenvalue weighted by Gasteiger charge is 2.09. The van der Waals surface area contributed by atoms with Gasteiger partial charge in [0.05, 0.1) is 18.9 Å². The van der Waals surface area contributed by atoms with Gasteiger partial charge in [-0.05, 0) is 50.6 Å². The highest BCUT2D eigenvalue weighted by atomic mass is 16.5. The van der Waals surface area contributed by atoms with Gasteiger partial charge in [0.2, 0.25) is 6.41 Å². The van der Waals surface area contributed by atoms with E-state index in [4.69, 9.17) is 9.15 Å². The Morgan fingerprint density at radius 2 is 2.00 bits per heavy atom. The molecule has 0 aliphatic rings. The highest BCUT2D eigenvalue weighted by Crippen LogP contribution is 2.31. The quantitative estimate of drug-likeness (QED) is 0.539. The van der Waals surface area contributed by atoms with Gasteiger partial charge in [-0.1, -0.05) is 0 Å². The zero-order valence-corrected chi connectivity index (χ0v) is 16.3. The predicted octanol–water partition coefficient (Wildman–Crippen LogP) is 4.18. The molecule has 0 radical (unpaired) electrons. The number of nitrogens with zero attached hydrogens (tertiary/aromatic N) is 3. The zero-order chi connectivity index (χ0) is 20.1. The molecule has 28 heavy (non-hydrogen) atoms. The number of nitrogens with one attached hydrogen (secondary N) is 1. The number of benzene rings is 1. The monoisotopic (exact) mass is 378 g/mol. The predicted molar refractivity (Wildman–Crippen MR) is 108 cm³/mol. The molecule has 3 aromatic heterocycles. The van der Waals surface area contributed by atoms with Crippen molar-refractivity contribution in [2.24, 2.45) is 0 Å². The van der Waals surface area contributed by atoms with Crippen LogP contribution in [0.15, 0.2) is 53.5 Å². The van der Waals surface area contributed by atoms with Gasteiger partial charge in [-0.2, -0.15) is 0 Å². The van der Waals surface area contributed by atoms with Crippen molar-refractivity contribution in [3.8, 4) is 17.1 Å². The molecule has 3 heterocycles. The van der Waals surface area contributed by atoms with E-state index < -0.39 is 0 Å². The van der Waals surface area contributed by atoms with E-state index in [0.29, 0.717) is 23.6 Å². The number of methoxy groups -OCH3 is 1. The van der Waals surface area contributed by atoms with Crippen molar-refractivity contribution in [3.63, 3.8) is 0 Å². The van der Waals surface area contributed by atoms with Crippen LogP contribution in [0, 0.1) is 20.8 Å². The Hall–Kier alpha value is -3.61. The molecule has 4 rings (SSSR count). The molecule has 0 saturated carbocycles. The lowest BCUT2D eigenvalue weighted by Gasteiger charge is -2.07. The van der Waals surface area contributed by atoms with Gasteiger partial charge in [-0.25, -0.2) is 9.97 Å². The minimum absolute atomic E-state index is 0.614. The summed E-state index contributed by atoms with van der Waals surface area (Å²) in [5.74, 6) is 1.23. The summed E-state index contributed by atoms with van der Waals surface area (Å²) in [6, 6.07) is 9.45. The standard InChI is InChI=1S/C11H10N2O3.C10H12N2/c1-15-10-4-8(13-6-14)2-3-9(10)11-5-12-7-16-11;1-7-4-5-12-9(3)6-8(2)11-10(7)12/h2-7H,1H3,(H,13,14);4-6H,1-3H3. The van der Waals surface area contributed by atoms with Crippen molar-refractivity contribution in [1.29, 1.82) is 0 Å². The van der Waals surface area contributed by atoms with Crippen LogP contribution in [-0.2, 0) is 4.79 Å². The first-order valence-electron chi connectivity index (χ1n) is 8.72. The number of amides is 1. The van der Waals surface area contributed by atoms with E-state index in [-0.39, 0.29) is 0 Å². The molecule has 4 aromatic rings. The van der Waals surface area contributed by atoms with Gasteiger partial charge in [-0.15, -0.1) is 0 Å². The maximum atomic E-state index is 10.3. The van der Waals surface area contributed by atoms with Crippen LogP contribution in [0.1, 0.15) is 17.0 Å². The molecule has 7 nitrogen and oxygen atoms in total. The van der Waals surface area contributed by atoms with E-state index in [9.17, 15) is 4.79 Å². The Morgan fingerprint density at radius 1 is 1.18 bits per heavy atom. The molecule has 1 amide bonds. The molecular formula is C21H22N4O3. The molecule has 1 N–H and O–H groups in total. The molecule has 0 spiro atoms. The lowest BCUT2D eigenvalue weighted by molar-refractivity contribution is -0.105. The van der Waals surface area contributed by atoms with Gasteiger partial charge >= 0.3 is 0 Å². The molecule has 0 aliphatic heterocycles. The van der Waals surface area contributed by atoms with Crippen LogP contribution >= 0.6 is 0 Å². The molecule has 0 atom stereocenters. The molecule has 0 saturated heterocycles. The molecule has 0 fully saturated rings. The van der Waals surface area contributed by atoms with E-state index in [0.717, 1.165) is 16.9 Å². The van der Waals surface area contributed by atoms with Gasteiger partial charge < -0.3 is 18.9 Å². The van der Waals surface area contributed by atoms with E-state index in [1.54, 1.807) is 31.5 Å². The maximum Gasteiger partial charge on any atom is 0.211 e. The summed E-state index contributed by atoms with van der Waals surface area (Å²) in [5.41, 5.74) is 6.09. The number of oxazole rings is 1. The smallest absolute Gasteiger partial charge is 0.211 e. The maximum absolute atomic E-state index is 10.3. The number of aryl methyl sites for hydroxylation is 3. The van der Waals surface area contributed by atoms with Crippen LogP contribution < -0.4 is 10.1 Å². The fraction of sp³-hybridized carbons (Fsp3) is 0.190. The molecule has 0 aliphatic carbocycles. The third-order valence-electron chi connectivity index (χ3n) is 4.26. The summed E-state index contributed by atoms with van der Waals surface area (Å²) >= 11 is 0. The number of hydrogen-bond acceptors (Lipinski definition) is 5. The number of ether oxygens (including phenoxy) is 1. The van der Waals surface area contributed by atoms with Gasteiger partial charge in [-0.3, -0.25) is 4.79 Å². The van der Waals surface area contributed by atoms with Crippen molar-refractivity contribution in [3.05, 3.63) is 66.1 Å². The minimum Gasteiger partial charge on any atom is -0.496 e. The van der Waals surface area contributed by atoms with Crippen LogP contribution in [0.4, 0.5) is 5.69 Å². The largest absolute Gasteiger partial charge is 0.496 e. The van der Waals surface area contributed by atoms with Crippen LogP contribution in [0.5, 0.6) is 5.75 Å². The summed E-state index contributed by atoms with van der Waals surface area (Å²) in [4.78, 5) is 18.6. The van der Waals surface area contributed by atoms with E-state index >= 15 is 0 Å². The van der Waals surface area contributed by atoms with Crippen LogP contribution in [0.2, 0.25) is 0 Å². The fourth-order valence-electron chi connectivity index (χ4n) is 2.92. The van der Waals surface area contributed by atoms with Crippen molar-refractivity contribution in [1.82, 2.24) is 14.4 Å². The number of anilines is 1. The normalized spacial score (nSPS) is 10.3. The van der Waals surface area contributed by atoms with E-state index in [2.05, 4.69) is 51.9 Å². The summed E-state index contributed by atoms with van der Waals surface area (Å²) in [6.07, 6.45) is 5.63. The van der Waals surface area contributed by atoms with Crippen LogP contribution in [0.3, 0.4) is 0 Å². The van der Waals surface area contributed by atoms with Gasteiger partial charge in [0.15, 0.2) is 12.2 Å². The highest BCUT2D eigenvalue weighted by molar-refractivity contribution is 5.76. The average Bonchev–Trinajstić information content (AvgIpc) is 3.33. The van der Waals surface area contributed by atoms with Gasteiger partial charge in [0, 0.05) is 29.3 Å². The van der Waals surface area contributed by atoms with Gasteiger partial charge in [0.25, 0.3) is 0 Å². The number of fused-ring (bicyclic) bond motifs is 1. The first-order chi connectivity index (χ1) is 13.5. The summed E-state index contributed by atoms with van der Waals surface area (Å²) in [7, 11) is 1.56. The molecule has 144 valence electrons. The number of hydrogen-bond donors (Lipinski definition) is 1. The number of aromatic nitrogens is 3. The first-order valence-corrected chi connectivity index (χ1v) is 8.72. The van der Waals surface area contributed by atoms with Crippen molar-refractivity contribution < 1.29 is 13.9 Å². The van der Waals surface area contributed by atoms with Crippen molar-refractivity contribution in [2.45, 2.75) is 20.8 Å². The van der Waals surface area contributed by atoms with Gasteiger partial charge in [0.1, 0.15) is 11.4 Å². The molecule has 0 bridgehead atoms. The Balaban J connectivity index is 0.000000167. The Morgan fingerprint density at radius 3 is 2.68 bits per heavy atom. The third kappa shape index (κ3) is 4.03. The Labute approximate surface area is 163 Å². The SMILES string of the molecule is COc1cc(NC=O)ccc1-c1cnco1.Cc1cc(C)n2ccc(C)c2n1. The third-order valence-corrected chi connectivity index (χ3v) is 4.26. The first kappa shape index (κ1) is 19.2. The Kier molecular flexibility index (Phi) is 5.74. The summed E-state index contributed by atoms with van der Waals surface area (Å²) in [5, 5.41) is 2.55. The average molecular weight is 378 g/mol. The molecule has 0 unspecified atom stereocenters. The summed E-state index contributed by atoms with van der Waals surface area (Å²) in [6.45, 7) is 6.21. The number of rotatable bonds is 4. The summed E-state index contributed by atoms with van der Waals surface area (Å²) < 4.78 is 12.5. The molecule has 1 aromatic carbocycles. The number of carbonyl (C=O) groups excluding carboxylic acids is 1. The van der Waals surface area contributed by atoms with E-state index in [1.165, 1.54) is 17.7 Å². The lowest BCUT2D eigenvalue weighted by Crippen LogP contribution is -1.95. The molecule has 7 heteroatoms. The number of carbonyl (C=O) groups is 1. The van der Waals surface area contributed by atoms with Crippen LogP contribution in [-0.4, -0.2) is 27.9 Å². The zero-order valence-electron chi connectivity index (χ0n) is 16.3. The minimum atomic E-state index is 0.614. The lowest BCUT2D eigenvalue weighted by atomic mass is 10.1. The second-order valence-electron chi connectivity index (χ2n) is 6.27. The Bertz CT molecular complexity index is 1080. The molecular weight excluding hydrogens is 356 g/mol. The second-order valence-corrected chi connectivity index (χ2v) is 6.27. The van der Waals surface area contributed by atoms with Crippen molar-refractivity contribution in [2.75, 3.05) is 12.4 Å². The van der Waals surface area contributed by atoms with Crippen LogP contribution in [0.25, 0.3) is 17.0 Å². The van der Waals surface area contributed by atoms with E-state index in [1.807, 2.05) is 6.92 Å². The fourth-order valence-corrected chi connectivity index (χ4v) is 2.92. The topological polar surface area (TPSA) is 81.7 Å².